The van der Waals surface area contributed by atoms with Gasteiger partial charge in [0.25, 0.3) is 5.91 Å². The predicted molar refractivity (Wildman–Crippen MR) is 154 cm³/mol. The Morgan fingerprint density at radius 3 is 2.14 bits per heavy atom. The highest BCUT2D eigenvalue weighted by atomic mass is 35.5. The molecular weight excluding hydrogens is 499 g/mol. The number of hydrogen-bond acceptors (Lipinski definition) is 6. The molecule has 1 atom stereocenters. The first-order valence-corrected chi connectivity index (χ1v) is 13.7. The molecule has 9 heteroatoms. The number of nitrogens with one attached hydrogen (secondary N) is 1. The summed E-state index contributed by atoms with van der Waals surface area (Å²) in [6, 6.07) is 14.9. The summed E-state index contributed by atoms with van der Waals surface area (Å²) < 4.78 is 19.1. The molecule has 0 spiro atoms. The van der Waals surface area contributed by atoms with Gasteiger partial charge in [-0.15, -0.1) is 3.89 Å². The number of nitrogen functional groups attached to an aromatic ring is 1. The van der Waals surface area contributed by atoms with Crippen LogP contribution in [0.15, 0.2) is 48.5 Å². The zero-order chi connectivity index (χ0) is 27.3. The minimum absolute atomic E-state index is 0.0887. The summed E-state index contributed by atoms with van der Waals surface area (Å²) in [5, 5.41) is 3.13. The van der Waals surface area contributed by atoms with Gasteiger partial charge in [-0.25, -0.2) is 4.31 Å². The van der Waals surface area contributed by atoms with Crippen molar-refractivity contribution in [2.45, 2.75) is 46.6 Å². The van der Waals surface area contributed by atoms with Gasteiger partial charge in [0, 0.05) is 25.3 Å². The molecule has 2 aromatic rings. The number of nitrogens with two attached hydrogens (primary N) is 1. The van der Waals surface area contributed by atoms with Crippen LogP contribution in [0.5, 0.6) is 0 Å². The molecule has 2 heterocycles. The molecule has 2 aromatic carbocycles. The molecule has 2 fully saturated rings. The number of carbonyl (C=O) groups is 1. The second kappa shape index (κ2) is 21.3. The molecule has 2 aliphatic heterocycles. The lowest BCUT2D eigenvalue weighted by Gasteiger charge is -2.33. The Morgan fingerprint density at radius 2 is 1.64 bits per heavy atom. The lowest BCUT2D eigenvalue weighted by atomic mass is 10.1. The highest BCUT2D eigenvalue weighted by molar-refractivity contribution is 7.91. The fourth-order valence-corrected chi connectivity index (χ4v) is 4.00. The van der Waals surface area contributed by atoms with E-state index < -0.39 is 0 Å². The summed E-state index contributed by atoms with van der Waals surface area (Å²) in [6.45, 7) is 11.5. The molecule has 36 heavy (non-hydrogen) atoms. The number of nitrogens with zero attached hydrogens (tertiary/aromatic N) is 2. The molecule has 204 valence electrons. The van der Waals surface area contributed by atoms with Gasteiger partial charge in [0.1, 0.15) is 18.4 Å². The van der Waals surface area contributed by atoms with Gasteiger partial charge in [-0.2, -0.15) is 0 Å². The summed E-state index contributed by atoms with van der Waals surface area (Å²) in [7, 11) is 3.75. The number of rotatable bonds is 3. The average Bonchev–Trinajstić information content (AvgIpc) is 3.46. The zero-order valence-corrected chi connectivity index (χ0v) is 24.2. The Balaban J connectivity index is 0.000000726. The van der Waals surface area contributed by atoms with Crippen molar-refractivity contribution in [1.82, 2.24) is 14.5 Å². The van der Waals surface area contributed by atoms with Crippen molar-refractivity contribution in [3.8, 4) is 0 Å². The number of anilines is 1. The lowest BCUT2D eigenvalue weighted by molar-refractivity contribution is -0.0228. The minimum atomic E-state index is -0.105. The number of amides is 1. The molecule has 0 aliphatic carbocycles. The van der Waals surface area contributed by atoms with Gasteiger partial charge in [-0.05, 0) is 50.7 Å². The van der Waals surface area contributed by atoms with E-state index in [1.54, 1.807) is 27.4 Å². The predicted octanol–water partition coefficient (Wildman–Crippen LogP) is 6.64. The monoisotopic (exact) mass is 542 g/mol. The number of carbonyl (C=O) groups excluding carboxylic acids is 1. The minimum Gasteiger partial charge on any atom is -0.399 e. The van der Waals surface area contributed by atoms with Gasteiger partial charge in [0.2, 0.25) is 0 Å². The number of ether oxygens (including phenoxy) is 1. The normalized spacial score (nSPS) is 16.6. The van der Waals surface area contributed by atoms with Gasteiger partial charge in [-0.3, -0.25) is 4.79 Å². The Morgan fingerprint density at radius 1 is 1.06 bits per heavy atom. The van der Waals surface area contributed by atoms with E-state index in [1.165, 1.54) is 0 Å². The van der Waals surface area contributed by atoms with E-state index >= 15 is 0 Å². The smallest absolute Gasteiger partial charge is 0.255 e. The Kier molecular flexibility index (Phi) is 20.2. The quantitative estimate of drug-likeness (QED) is 0.334. The summed E-state index contributed by atoms with van der Waals surface area (Å²) in [4.78, 5) is 14.4. The maximum atomic E-state index is 12.7. The summed E-state index contributed by atoms with van der Waals surface area (Å²) in [5.74, 6) is -0.0887. The third-order valence-electron chi connectivity index (χ3n) is 4.91. The van der Waals surface area contributed by atoms with Crippen molar-refractivity contribution >= 4 is 35.5 Å². The number of hydrogen-bond donors (Lipinski definition) is 2. The Hall–Kier alpha value is -1.84. The van der Waals surface area contributed by atoms with E-state index in [-0.39, 0.29) is 12.0 Å². The fraction of sp³-hybridized carbons (Fsp3) is 0.519. The third-order valence-corrected chi connectivity index (χ3v) is 5.78. The Bertz CT molecular complexity index is 827. The molecule has 4 rings (SSSR count). The van der Waals surface area contributed by atoms with Crippen molar-refractivity contribution in [3.05, 3.63) is 64.7 Å². The largest absolute Gasteiger partial charge is 0.399 e. The molecule has 0 bridgehead atoms. The SMILES string of the molecule is CC.CC.CNC.FSN1CCCC1.Nc1ccc(C(=O)N2CCO[C@@H](c3ccccc3)C2)c(Cl)c1. The summed E-state index contributed by atoms with van der Waals surface area (Å²) in [6.07, 6.45) is 2.22. The second-order valence-electron chi connectivity index (χ2n) is 7.47. The van der Waals surface area contributed by atoms with Gasteiger partial charge < -0.3 is 20.7 Å². The van der Waals surface area contributed by atoms with E-state index in [0.717, 1.165) is 31.5 Å². The topological polar surface area (TPSA) is 70.8 Å². The van der Waals surface area contributed by atoms with E-state index in [9.17, 15) is 8.68 Å². The van der Waals surface area contributed by atoms with Crippen LogP contribution in [0.4, 0.5) is 9.57 Å². The van der Waals surface area contributed by atoms with E-state index in [2.05, 4.69) is 5.32 Å². The first-order valence-electron chi connectivity index (χ1n) is 12.6. The van der Waals surface area contributed by atoms with E-state index in [4.69, 9.17) is 22.1 Å². The maximum Gasteiger partial charge on any atom is 0.255 e. The standard InChI is InChI=1S/C17H17ClN2O2.C4H8FNS.C2H7N.2C2H6/c18-15-10-13(19)6-7-14(15)17(21)20-8-9-22-16(11-20)12-4-2-1-3-5-12;5-7-6-3-1-2-4-6;1-3-2;2*1-2/h1-7,10,16H,8-9,11,19H2;1-4H2;3H,1-2H3;2*1-2H3/t16-;;;;/m1..../s1. The molecular formula is C27H44ClFN4O2S. The fourth-order valence-electron chi connectivity index (χ4n) is 3.34. The van der Waals surface area contributed by atoms with Crippen LogP contribution in [0.25, 0.3) is 0 Å². The van der Waals surface area contributed by atoms with Crippen molar-refractivity contribution in [3.63, 3.8) is 0 Å². The van der Waals surface area contributed by atoms with Crippen LogP contribution in [0, 0.1) is 0 Å². The molecule has 3 N–H and O–H groups in total. The molecule has 2 saturated heterocycles. The number of halogens is 2. The van der Waals surface area contributed by atoms with E-state index in [1.807, 2.05) is 72.1 Å². The molecule has 0 aromatic heterocycles. The first kappa shape index (κ1) is 34.2. The molecule has 0 saturated carbocycles. The van der Waals surface area contributed by atoms with E-state index in [0.29, 0.717) is 48.3 Å². The van der Waals surface area contributed by atoms with Crippen LogP contribution in [-0.4, -0.2) is 62.0 Å². The third kappa shape index (κ3) is 12.4. The number of benzene rings is 2. The zero-order valence-electron chi connectivity index (χ0n) is 22.6. The Labute approximate surface area is 227 Å². The molecule has 0 unspecified atom stereocenters. The van der Waals surface area contributed by atoms with Gasteiger partial charge in [-0.1, -0.05) is 69.6 Å². The van der Waals surface area contributed by atoms with Crippen LogP contribution < -0.4 is 11.1 Å². The van der Waals surface area contributed by atoms with Crippen LogP contribution in [0.1, 0.15) is 62.6 Å². The lowest BCUT2D eigenvalue weighted by Crippen LogP contribution is -2.42. The van der Waals surface area contributed by atoms with Crippen LogP contribution in [0.3, 0.4) is 0 Å². The average molecular weight is 543 g/mol. The van der Waals surface area contributed by atoms with Gasteiger partial charge in [0.05, 0.1) is 23.7 Å². The molecule has 0 radical (unpaired) electrons. The first-order chi connectivity index (χ1) is 17.5. The van der Waals surface area contributed by atoms with Gasteiger partial charge >= 0.3 is 0 Å². The second-order valence-corrected chi connectivity index (χ2v) is 8.53. The van der Waals surface area contributed by atoms with Crippen LogP contribution in [-0.2, 0) is 4.74 Å². The molecule has 1 amide bonds. The van der Waals surface area contributed by atoms with Crippen molar-refractivity contribution < 1.29 is 13.4 Å². The van der Waals surface area contributed by atoms with Crippen molar-refractivity contribution in [2.75, 3.05) is 52.6 Å². The van der Waals surface area contributed by atoms with Crippen molar-refractivity contribution in [2.24, 2.45) is 0 Å². The summed E-state index contributed by atoms with van der Waals surface area (Å²) in [5.41, 5.74) is 7.77. The molecule has 2 aliphatic rings. The highest BCUT2D eigenvalue weighted by Gasteiger charge is 2.27. The van der Waals surface area contributed by atoms with Crippen molar-refractivity contribution in [1.29, 1.82) is 0 Å². The maximum absolute atomic E-state index is 12.7. The molecule has 6 nitrogen and oxygen atoms in total. The van der Waals surface area contributed by atoms with Gasteiger partial charge in [0.15, 0.2) is 0 Å². The van der Waals surface area contributed by atoms with Crippen LogP contribution >= 0.6 is 23.9 Å². The van der Waals surface area contributed by atoms with Crippen LogP contribution in [0.2, 0.25) is 5.02 Å². The summed E-state index contributed by atoms with van der Waals surface area (Å²) >= 11 is 6.50. The number of morpholine rings is 1. The highest BCUT2D eigenvalue weighted by Crippen LogP contribution is 2.26.